The van der Waals surface area contributed by atoms with Gasteiger partial charge in [0.25, 0.3) is 0 Å². The van der Waals surface area contributed by atoms with Crippen molar-refractivity contribution in [1.29, 1.82) is 0 Å². The monoisotopic (exact) mass is 822 g/mol. The molecule has 0 N–H and O–H groups in total. The number of hydrogen-bond acceptors (Lipinski definition) is 4. The summed E-state index contributed by atoms with van der Waals surface area (Å²) in [5.74, 6) is 1.82. The number of rotatable bonds is 8. The fourth-order valence-electron chi connectivity index (χ4n) is 9.72. The second kappa shape index (κ2) is 15.1. The van der Waals surface area contributed by atoms with Gasteiger partial charge in [-0.15, -0.1) is 0 Å². The molecule has 12 rings (SSSR count). The molecule has 0 radical (unpaired) electrons. The minimum atomic E-state index is -3.05. The average Bonchev–Trinajstić information content (AvgIpc) is 3.92. The molecule has 0 atom stereocenters. The van der Waals surface area contributed by atoms with E-state index < -0.39 is 8.07 Å². The second-order valence-corrected chi connectivity index (χ2v) is 19.7. The van der Waals surface area contributed by atoms with E-state index in [-0.39, 0.29) is 0 Å². The highest BCUT2D eigenvalue weighted by molar-refractivity contribution is 7.20. The molecule has 5 nitrogen and oxygen atoms in total. The van der Waals surface area contributed by atoms with Crippen LogP contribution in [0.4, 0.5) is 0 Å². The molecule has 0 fully saturated rings. The lowest BCUT2D eigenvalue weighted by molar-refractivity contribution is 0.669. The molecule has 0 aliphatic heterocycles. The van der Waals surface area contributed by atoms with Gasteiger partial charge in [-0.1, -0.05) is 206 Å². The van der Waals surface area contributed by atoms with Crippen LogP contribution in [0.2, 0.25) is 0 Å². The Kier molecular flexibility index (Phi) is 8.76. The van der Waals surface area contributed by atoms with Crippen LogP contribution in [0, 0.1) is 0 Å². The van der Waals surface area contributed by atoms with Crippen LogP contribution in [-0.2, 0) is 0 Å². The van der Waals surface area contributed by atoms with Crippen LogP contribution in [0.15, 0.2) is 235 Å². The molecular formula is C57H38N4OSi. The molecule has 0 spiro atoms. The summed E-state index contributed by atoms with van der Waals surface area (Å²) >= 11 is 0. The summed E-state index contributed by atoms with van der Waals surface area (Å²) in [6.45, 7) is 0. The lowest BCUT2D eigenvalue weighted by Gasteiger charge is -2.35. The van der Waals surface area contributed by atoms with E-state index in [0.29, 0.717) is 17.6 Å². The molecule has 9 aromatic carbocycles. The first-order chi connectivity index (χ1) is 31.3. The van der Waals surface area contributed by atoms with Crippen molar-refractivity contribution in [2.45, 2.75) is 0 Å². The molecule has 0 unspecified atom stereocenters. The molecule has 0 aliphatic carbocycles. The number of aromatic nitrogens is 4. The maximum absolute atomic E-state index is 6.59. The predicted molar refractivity (Wildman–Crippen MR) is 261 cm³/mol. The van der Waals surface area contributed by atoms with Crippen molar-refractivity contribution >= 4 is 72.6 Å². The van der Waals surface area contributed by atoms with Crippen molar-refractivity contribution in [2.24, 2.45) is 0 Å². The van der Waals surface area contributed by atoms with Gasteiger partial charge in [-0.3, -0.25) is 4.57 Å². The smallest absolute Gasteiger partial charge is 0.238 e. The first-order valence-electron chi connectivity index (χ1n) is 21.3. The summed E-state index contributed by atoms with van der Waals surface area (Å²) in [5.41, 5.74) is 7.98. The Bertz CT molecular complexity index is 3530. The molecule has 0 saturated heterocycles. The molecule has 0 aliphatic rings. The third kappa shape index (κ3) is 5.95. The zero-order valence-corrected chi connectivity index (χ0v) is 35.1. The van der Waals surface area contributed by atoms with Crippen LogP contribution in [0.25, 0.3) is 83.6 Å². The average molecular weight is 823 g/mol. The van der Waals surface area contributed by atoms with Crippen molar-refractivity contribution in [2.75, 3.05) is 0 Å². The van der Waals surface area contributed by atoms with Gasteiger partial charge >= 0.3 is 0 Å². The quantitative estimate of drug-likeness (QED) is 0.113. The zero-order chi connectivity index (χ0) is 41.7. The van der Waals surface area contributed by atoms with Gasteiger partial charge < -0.3 is 4.42 Å². The van der Waals surface area contributed by atoms with E-state index in [9.17, 15) is 0 Å². The molecule has 0 amide bonds. The Labute approximate surface area is 365 Å². The second-order valence-electron chi connectivity index (χ2n) is 15.9. The summed E-state index contributed by atoms with van der Waals surface area (Å²) in [6.07, 6.45) is 0. The van der Waals surface area contributed by atoms with Crippen molar-refractivity contribution in [3.05, 3.63) is 231 Å². The molecule has 296 valence electrons. The number of furan rings is 1. The summed E-state index contributed by atoms with van der Waals surface area (Å²) in [5, 5.41) is 9.76. The van der Waals surface area contributed by atoms with E-state index in [1.165, 1.54) is 26.1 Å². The highest BCUT2D eigenvalue weighted by Crippen LogP contribution is 2.39. The van der Waals surface area contributed by atoms with Gasteiger partial charge in [-0.25, -0.2) is 4.98 Å². The number of nitrogens with zero attached hydrogens (tertiary/aromatic N) is 4. The van der Waals surface area contributed by atoms with Crippen LogP contribution in [-0.4, -0.2) is 27.6 Å². The molecule has 6 heteroatoms. The molecule has 0 saturated carbocycles. The summed E-state index contributed by atoms with van der Waals surface area (Å²) in [7, 11) is -3.05. The Morgan fingerprint density at radius 2 is 0.873 bits per heavy atom. The first-order valence-corrected chi connectivity index (χ1v) is 23.3. The van der Waals surface area contributed by atoms with E-state index >= 15 is 0 Å². The Balaban J connectivity index is 1.13. The van der Waals surface area contributed by atoms with E-state index in [4.69, 9.17) is 19.4 Å². The van der Waals surface area contributed by atoms with Gasteiger partial charge in [0.05, 0.1) is 11.0 Å². The Morgan fingerprint density at radius 1 is 0.365 bits per heavy atom. The Morgan fingerprint density at radius 3 is 1.56 bits per heavy atom. The highest BCUT2D eigenvalue weighted by atomic mass is 28.3. The third-order valence-corrected chi connectivity index (χ3v) is 17.2. The van der Waals surface area contributed by atoms with Crippen LogP contribution in [0.5, 0.6) is 0 Å². The number of para-hydroxylation sites is 2. The minimum Gasteiger partial charge on any atom is -0.456 e. The predicted octanol–water partition coefficient (Wildman–Crippen LogP) is 11.2. The third-order valence-electron chi connectivity index (χ3n) is 12.4. The van der Waals surface area contributed by atoms with Crippen LogP contribution in [0.3, 0.4) is 0 Å². The maximum atomic E-state index is 6.59. The molecule has 3 aromatic heterocycles. The fourth-order valence-corrected chi connectivity index (χ4v) is 14.7. The zero-order valence-electron chi connectivity index (χ0n) is 34.1. The molecular weight excluding hydrogens is 785 g/mol. The fraction of sp³-hybridized carbons (Fsp3) is 0. The lowest BCUT2D eigenvalue weighted by atomic mass is 9.99. The lowest BCUT2D eigenvalue weighted by Crippen LogP contribution is -2.74. The van der Waals surface area contributed by atoms with Gasteiger partial charge in [-0.2, -0.15) is 9.97 Å². The largest absolute Gasteiger partial charge is 0.456 e. The summed E-state index contributed by atoms with van der Waals surface area (Å²) < 4.78 is 8.79. The standard InChI is InChI=1S/C57H38N4OSi/c1-5-20-39(21-6-1)55-58-56(40-22-7-2-8-23-40)60-57(59-55)61-48-33-15-13-30-46(48)53-45(32-18-34-49(53)61)41-24-17-29-44(38-41)63(42-25-9-3-10-26-42,43-27-11-4-12-28-43)52-37-19-36-51-54(52)47-31-14-16-35-50(47)62-51/h1-38H. The van der Waals surface area contributed by atoms with Crippen molar-refractivity contribution < 1.29 is 4.42 Å². The van der Waals surface area contributed by atoms with Gasteiger partial charge in [0, 0.05) is 32.7 Å². The van der Waals surface area contributed by atoms with Gasteiger partial charge in [-0.05, 0) is 56.1 Å². The topological polar surface area (TPSA) is 56.7 Å². The summed E-state index contributed by atoms with van der Waals surface area (Å²) in [4.78, 5) is 15.4. The maximum Gasteiger partial charge on any atom is 0.238 e. The van der Waals surface area contributed by atoms with Crippen molar-refractivity contribution in [3.63, 3.8) is 0 Å². The van der Waals surface area contributed by atoms with E-state index in [2.05, 4.69) is 199 Å². The van der Waals surface area contributed by atoms with E-state index in [0.717, 1.165) is 60.6 Å². The van der Waals surface area contributed by atoms with Crippen molar-refractivity contribution in [1.82, 2.24) is 19.5 Å². The van der Waals surface area contributed by atoms with Crippen LogP contribution < -0.4 is 20.7 Å². The van der Waals surface area contributed by atoms with Gasteiger partial charge in [0.1, 0.15) is 11.2 Å². The van der Waals surface area contributed by atoms with E-state index in [1.54, 1.807) is 0 Å². The Hall–Kier alpha value is -8.19. The van der Waals surface area contributed by atoms with Crippen LogP contribution in [0.1, 0.15) is 0 Å². The molecule has 3 heterocycles. The molecule has 63 heavy (non-hydrogen) atoms. The highest BCUT2D eigenvalue weighted by Gasteiger charge is 2.43. The van der Waals surface area contributed by atoms with Crippen molar-refractivity contribution in [3.8, 4) is 39.9 Å². The molecule has 0 bridgehead atoms. The summed E-state index contributed by atoms with van der Waals surface area (Å²) in [6, 6.07) is 82.1. The SMILES string of the molecule is c1ccc(-c2nc(-c3ccccc3)nc(-n3c4ccccc4c4c(-c5cccc([Si](c6ccccc6)(c6ccccc6)c6cccc7oc8ccccc8c67)c5)cccc43)n2)cc1. The molecule has 12 aromatic rings. The van der Waals surface area contributed by atoms with Crippen LogP contribution >= 0.6 is 0 Å². The normalized spacial score (nSPS) is 11.8. The number of hydrogen-bond donors (Lipinski definition) is 0. The number of benzene rings is 9. The van der Waals surface area contributed by atoms with E-state index in [1.807, 2.05) is 36.4 Å². The minimum absolute atomic E-state index is 0.569. The van der Waals surface area contributed by atoms with Gasteiger partial charge in [0.2, 0.25) is 5.95 Å². The van der Waals surface area contributed by atoms with Gasteiger partial charge in [0.15, 0.2) is 19.7 Å². The number of fused-ring (bicyclic) bond motifs is 6. The first kappa shape index (κ1) is 36.6.